The first kappa shape index (κ1) is 12.2. The topological polar surface area (TPSA) is 0 Å². The Kier molecular flexibility index (Phi) is 3.78. The van der Waals surface area contributed by atoms with E-state index in [1.54, 1.807) is 5.57 Å². The molecule has 0 nitrogen and oxygen atoms in total. The van der Waals surface area contributed by atoms with Gasteiger partial charge in [0.15, 0.2) is 0 Å². The molecule has 2 aromatic carbocycles. The van der Waals surface area contributed by atoms with E-state index in [0.29, 0.717) is 0 Å². The lowest BCUT2D eigenvalue weighted by Crippen LogP contribution is -2.00. The molecule has 19 heavy (non-hydrogen) atoms. The van der Waals surface area contributed by atoms with Crippen molar-refractivity contribution in [2.75, 3.05) is 0 Å². The van der Waals surface area contributed by atoms with E-state index in [1.165, 1.54) is 48.8 Å². The molecule has 0 amide bonds. The van der Waals surface area contributed by atoms with Crippen LogP contribution in [0, 0.1) is 0 Å². The second kappa shape index (κ2) is 5.88. The molecule has 2 aromatic rings. The Balaban J connectivity index is 2.11. The summed E-state index contributed by atoms with van der Waals surface area (Å²) in [5.41, 5.74) is 5.85. The van der Waals surface area contributed by atoms with Crippen LogP contribution in [0.1, 0.15) is 43.2 Å². The van der Waals surface area contributed by atoms with Crippen LogP contribution >= 0.6 is 0 Å². The first-order chi connectivity index (χ1) is 9.45. The Morgan fingerprint density at radius 3 is 1.53 bits per heavy atom. The average molecular weight is 248 g/mol. The summed E-state index contributed by atoms with van der Waals surface area (Å²) in [5.74, 6) is 0. The molecule has 1 fully saturated rings. The van der Waals surface area contributed by atoms with Crippen LogP contribution in [0.15, 0.2) is 66.2 Å². The van der Waals surface area contributed by atoms with Gasteiger partial charge in [0.05, 0.1) is 0 Å². The SMILES string of the molecule is c1ccc(C(=C2CCCCC2)c2ccccc2)cc1. The van der Waals surface area contributed by atoms with E-state index in [-0.39, 0.29) is 0 Å². The fourth-order valence-electron chi connectivity index (χ4n) is 3.01. The Labute approximate surface area is 115 Å². The van der Waals surface area contributed by atoms with Crippen LogP contribution in [0.3, 0.4) is 0 Å². The van der Waals surface area contributed by atoms with Gasteiger partial charge in [0.25, 0.3) is 0 Å². The Bertz CT molecular complexity index is 500. The van der Waals surface area contributed by atoms with Crippen LogP contribution in [-0.2, 0) is 0 Å². The van der Waals surface area contributed by atoms with E-state index in [4.69, 9.17) is 0 Å². The van der Waals surface area contributed by atoms with Gasteiger partial charge in [-0.3, -0.25) is 0 Å². The van der Waals surface area contributed by atoms with Crippen LogP contribution in [0.2, 0.25) is 0 Å². The van der Waals surface area contributed by atoms with Crippen molar-refractivity contribution in [3.8, 4) is 0 Å². The van der Waals surface area contributed by atoms with Crippen molar-refractivity contribution in [3.05, 3.63) is 77.4 Å². The standard InChI is InChI=1S/C19H20/c1-4-10-16(11-5-1)19(17-12-6-2-7-13-17)18-14-8-3-9-15-18/h1-2,4-7,10-13H,3,8-9,14-15H2. The quantitative estimate of drug-likeness (QED) is 0.662. The van der Waals surface area contributed by atoms with Gasteiger partial charge in [-0.15, -0.1) is 0 Å². The number of allylic oxidation sites excluding steroid dienone is 1. The molecule has 0 spiro atoms. The van der Waals surface area contributed by atoms with Gasteiger partial charge in [-0.2, -0.15) is 0 Å². The zero-order chi connectivity index (χ0) is 12.9. The molecule has 0 heterocycles. The molecular weight excluding hydrogens is 228 g/mol. The van der Waals surface area contributed by atoms with Crippen molar-refractivity contribution in [3.63, 3.8) is 0 Å². The van der Waals surface area contributed by atoms with Crippen molar-refractivity contribution in [1.29, 1.82) is 0 Å². The molecule has 0 unspecified atom stereocenters. The van der Waals surface area contributed by atoms with Gasteiger partial charge in [0.2, 0.25) is 0 Å². The number of rotatable bonds is 2. The van der Waals surface area contributed by atoms with E-state index in [0.717, 1.165) is 0 Å². The maximum atomic E-state index is 2.24. The van der Waals surface area contributed by atoms with Crippen molar-refractivity contribution in [2.24, 2.45) is 0 Å². The summed E-state index contributed by atoms with van der Waals surface area (Å²) >= 11 is 0. The highest BCUT2D eigenvalue weighted by Gasteiger charge is 2.14. The van der Waals surface area contributed by atoms with Gasteiger partial charge in [-0.25, -0.2) is 0 Å². The van der Waals surface area contributed by atoms with Crippen LogP contribution < -0.4 is 0 Å². The van der Waals surface area contributed by atoms with Crippen molar-refractivity contribution in [1.82, 2.24) is 0 Å². The third kappa shape index (κ3) is 2.78. The molecule has 1 aliphatic carbocycles. The first-order valence-electron chi connectivity index (χ1n) is 7.28. The van der Waals surface area contributed by atoms with Crippen molar-refractivity contribution >= 4 is 5.57 Å². The Morgan fingerprint density at radius 1 is 0.579 bits per heavy atom. The predicted octanol–water partition coefficient (Wildman–Crippen LogP) is 5.45. The fourth-order valence-corrected chi connectivity index (χ4v) is 3.01. The largest absolute Gasteiger partial charge is 0.0622 e. The lowest BCUT2D eigenvalue weighted by molar-refractivity contribution is 0.601. The van der Waals surface area contributed by atoms with Gasteiger partial charge < -0.3 is 0 Å². The fraction of sp³-hybridized carbons (Fsp3) is 0.263. The molecule has 0 aliphatic heterocycles. The third-order valence-corrected chi connectivity index (χ3v) is 3.94. The molecular formula is C19H20. The lowest BCUT2D eigenvalue weighted by Gasteiger charge is -2.20. The summed E-state index contributed by atoms with van der Waals surface area (Å²) in [6, 6.07) is 21.7. The highest BCUT2D eigenvalue weighted by molar-refractivity contribution is 5.82. The minimum Gasteiger partial charge on any atom is -0.0622 e. The molecule has 0 aromatic heterocycles. The highest BCUT2D eigenvalue weighted by Crippen LogP contribution is 2.34. The monoisotopic (exact) mass is 248 g/mol. The minimum atomic E-state index is 1.26. The Morgan fingerprint density at radius 2 is 1.05 bits per heavy atom. The summed E-state index contributed by atoms with van der Waals surface area (Å²) in [5, 5.41) is 0. The molecule has 0 radical (unpaired) electrons. The number of hydrogen-bond acceptors (Lipinski definition) is 0. The zero-order valence-corrected chi connectivity index (χ0v) is 11.3. The molecule has 0 heteroatoms. The van der Waals surface area contributed by atoms with Crippen LogP contribution in [0.5, 0.6) is 0 Å². The lowest BCUT2D eigenvalue weighted by atomic mass is 9.85. The van der Waals surface area contributed by atoms with Gasteiger partial charge in [-0.1, -0.05) is 72.7 Å². The first-order valence-corrected chi connectivity index (χ1v) is 7.28. The molecule has 0 bridgehead atoms. The second-order valence-electron chi connectivity index (χ2n) is 5.27. The van der Waals surface area contributed by atoms with E-state index < -0.39 is 0 Å². The molecule has 1 saturated carbocycles. The maximum Gasteiger partial charge on any atom is -0.0119 e. The van der Waals surface area contributed by atoms with E-state index in [9.17, 15) is 0 Å². The van der Waals surface area contributed by atoms with Gasteiger partial charge in [-0.05, 0) is 42.4 Å². The number of benzene rings is 2. The molecule has 1 aliphatic rings. The summed E-state index contributed by atoms with van der Waals surface area (Å²) in [4.78, 5) is 0. The maximum absolute atomic E-state index is 2.24. The van der Waals surface area contributed by atoms with Gasteiger partial charge >= 0.3 is 0 Å². The molecule has 0 saturated heterocycles. The second-order valence-corrected chi connectivity index (χ2v) is 5.27. The van der Waals surface area contributed by atoms with Crippen LogP contribution in [0.25, 0.3) is 5.57 Å². The summed E-state index contributed by atoms with van der Waals surface area (Å²) in [6.07, 6.45) is 6.61. The van der Waals surface area contributed by atoms with Gasteiger partial charge in [0.1, 0.15) is 0 Å². The van der Waals surface area contributed by atoms with E-state index in [1.807, 2.05) is 0 Å². The smallest absolute Gasteiger partial charge is 0.0119 e. The normalized spacial score (nSPS) is 15.3. The third-order valence-electron chi connectivity index (χ3n) is 3.94. The van der Waals surface area contributed by atoms with Crippen LogP contribution in [0.4, 0.5) is 0 Å². The summed E-state index contributed by atoms with van der Waals surface area (Å²) in [7, 11) is 0. The van der Waals surface area contributed by atoms with E-state index in [2.05, 4.69) is 60.7 Å². The molecule has 0 atom stereocenters. The van der Waals surface area contributed by atoms with E-state index >= 15 is 0 Å². The van der Waals surface area contributed by atoms with Crippen molar-refractivity contribution < 1.29 is 0 Å². The molecule has 0 N–H and O–H groups in total. The summed E-state index contributed by atoms with van der Waals surface area (Å²) in [6.45, 7) is 0. The summed E-state index contributed by atoms with van der Waals surface area (Å²) < 4.78 is 0. The van der Waals surface area contributed by atoms with Crippen molar-refractivity contribution in [2.45, 2.75) is 32.1 Å². The van der Waals surface area contributed by atoms with Gasteiger partial charge in [0, 0.05) is 0 Å². The molecule has 3 rings (SSSR count). The zero-order valence-electron chi connectivity index (χ0n) is 11.3. The highest BCUT2D eigenvalue weighted by atomic mass is 14.2. The Hall–Kier alpha value is -1.82. The minimum absolute atomic E-state index is 1.26. The predicted molar refractivity (Wildman–Crippen MR) is 82.0 cm³/mol. The number of hydrogen-bond donors (Lipinski definition) is 0. The van der Waals surface area contributed by atoms with Crippen LogP contribution in [-0.4, -0.2) is 0 Å². The average Bonchev–Trinajstić information content (AvgIpc) is 2.51. The molecule has 96 valence electrons.